The summed E-state index contributed by atoms with van der Waals surface area (Å²) < 4.78 is 46.5. The second kappa shape index (κ2) is 8.10. The molecule has 0 aliphatic heterocycles. The normalized spacial score (nSPS) is 11.7. The molecule has 0 unspecified atom stereocenters. The Morgan fingerprint density at radius 3 is 2.55 bits per heavy atom. The van der Waals surface area contributed by atoms with Gasteiger partial charge >= 0.3 is 6.18 Å². The fraction of sp³-hybridized carbons (Fsp3) is 0.538. The minimum Gasteiger partial charge on any atom is -0.493 e. The van der Waals surface area contributed by atoms with Gasteiger partial charge in [-0.05, 0) is 24.6 Å². The lowest BCUT2D eigenvalue weighted by Gasteiger charge is -2.14. The summed E-state index contributed by atoms with van der Waals surface area (Å²) in [6.45, 7) is 0.947. The maximum absolute atomic E-state index is 11.8. The Balaban J connectivity index is 2.39. The van der Waals surface area contributed by atoms with Crippen LogP contribution in [0.4, 0.5) is 13.2 Å². The average Bonchev–Trinajstić information content (AvgIpc) is 2.33. The van der Waals surface area contributed by atoms with Crippen LogP contribution in [-0.4, -0.2) is 26.0 Å². The van der Waals surface area contributed by atoms with Crippen molar-refractivity contribution >= 4 is 27.5 Å². The van der Waals surface area contributed by atoms with Gasteiger partial charge in [-0.1, -0.05) is 15.9 Å². The quantitative estimate of drug-likeness (QED) is 0.501. The summed E-state index contributed by atoms with van der Waals surface area (Å²) in [6, 6.07) is 3.75. The van der Waals surface area contributed by atoms with Gasteiger partial charge in [-0.15, -0.1) is 11.6 Å². The van der Waals surface area contributed by atoms with Crippen LogP contribution >= 0.6 is 27.5 Å². The fourth-order valence-electron chi connectivity index (χ4n) is 1.63. The summed E-state index contributed by atoms with van der Waals surface area (Å²) in [5, 5.41) is 0. The molecule has 0 aliphatic carbocycles. The van der Waals surface area contributed by atoms with Crippen molar-refractivity contribution in [2.75, 3.05) is 19.8 Å². The number of benzene rings is 1. The zero-order valence-corrected chi connectivity index (χ0v) is 13.2. The Morgan fingerprint density at radius 1 is 1.25 bits per heavy atom. The minimum atomic E-state index is -4.28. The maximum atomic E-state index is 11.8. The lowest BCUT2D eigenvalue weighted by Crippen LogP contribution is -2.18. The molecule has 1 aromatic rings. The molecule has 0 fully saturated rings. The van der Waals surface area contributed by atoms with Crippen molar-refractivity contribution in [3.63, 3.8) is 0 Å². The minimum absolute atomic E-state index is 0.00525. The van der Waals surface area contributed by atoms with Gasteiger partial charge in [0.2, 0.25) is 0 Å². The molecule has 0 radical (unpaired) electrons. The van der Waals surface area contributed by atoms with E-state index in [-0.39, 0.29) is 13.2 Å². The van der Waals surface area contributed by atoms with Crippen LogP contribution < -0.4 is 4.74 Å². The van der Waals surface area contributed by atoms with Crippen molar-refractivity contribution in [1.29, 1.82) is 0 Å². The van der Waals surface area contributed by atoms with Crippen LogP contribution in [0.1, 0.15) is 17.5 Å². The molecule has 0 aromatic heterocycles. The third kappa shape index (κ3) is 6.33. The summed E-state index contributed by atoms with van der Waals surface area (Å²) >= 11 is 9.21. The van der Waals surface area contributed by atoms with E-state index in [2.05, 4.69) is 20.7 Å². The summed E-state index contributed by atoms with van der Waals surface area (Å²) in [5.74, 6) is 0.985. The standard InChI is InChI=1S/C13H15BrClF3O2/c1-9-5-11(14)6-10(7-15)12(9)20-4-2-3-19-8-13(16,17)18/h5-6H,2-4,7-8H2,1H3. The van der Waals surface area contributed by atoms with E-state index in [0.717, 1.165) is 15.6 Å². The summed E-state index contributed by atoms with van der Waals surface area (Å²) in [6.07, 6.45) is -3.90. The number of hydrogen-bond acceptors (Lipinski definition) is 2. The highest BCUT2D eigenvalue weighted by molar-refractivity contribution is 9.10. The van der Waals surface area contributed by atoms with Crippen molar-refractivity contribution in [2.45, 2.75) is 25.4 Å². The van der Waals surface area contributed by atoms with Crippen LogP contribution in [0.5, 0.6) is 5.75 Å². The van der Waals surface area contributed by atoms with Gasteiger partial charge in [-0.2, -0.15) is 13.2 Å². The van der Waals surface area contributed by atoms with Crippen LogP contribution in [0.15, 0.2) is 16.6 Å². The maximum Gasteiger partial charge on any atom is 0.411 e. The van der Waals surface area contributed by atoms with Gasteiger partial charge in [-0.3, -0.25) is 0 Å². The molecule has 0 aliphatic rings. The van der Waals surface area contributed by atoms with Crippen LogP contribution in [0.3, 0.4) is 0 Å². The van der Waals surface area contributed by atoms with Gasteiger partial charge in [0.1, 0.15) is 12.4 Å². The molecule has 114 valence electrons. The van der Waals surface area contributed by atoms with E-state index in [1.54, 1.807) is 0 Å². The largest absolute Gasteiger partial charge is 0.493 e. The highest BCUT2D eigenvalue weighted by Gasteiger charge is 2.27. The molecule has 0 saturated heterocycles. The predicted octanol–water partition coefficient (Wildman–Crippen LogP) is 4.84. The van der Waals surface area contributed by atoms with Gasteiger partial charge in [0.25, 0.3) is 0 Å². The van der Waals surface area contributed by atoms with Crippen molar-refractivity contribution in [2.24, 2.45) is 0 Å². The first kappa shape index (κ1) is 17.6. The predicted molar refractivity (Wildman–Crippen MR) is 75.4 cm³/mol. The third-order valence-corrected chi connectivity index (χ3v) is 3.15. The van der Waals surface area contributed by atoms with E-state index >= 15 is 0 Å². The Labute approximate surface area is 129 Å². The lowest BCUT2D eigenvalue weighted by atomic mass is 10.1. The highest BCUT2D eigenvalue weighted by atomic mass is 79.9. The van der Waals surface area contributed by atoms with Crippen molar-refractivity contribution in [1.82, 2.24) is 0 Å². The molecule has 1 aromatic carbocycles. The number of aryl methyl sites for hydroxylation is 1. The van der Waals surface area contributed by atoms with Crippen molar-refractivity contribution < 1.29 is 22.6 Å². The Morgan fingerprint density at radius 2 is 1.95 bits per heavy atom. The molecule has 0 spiro atoms. The summed E-state index contributed by atoms with van der Waals surface area (Å²) in [7, 11) is 0. The van der Waals surface area contributed by atoms with Gasteiger partial charge in [0, 0.05) is 16.5 Å². The second-order valence-electron chi connectivity index (χ2n) is 4.21. The molecule has 1 rings (SSSR count). The first-order chi connectivity index (χ1) is 9.33. The van der Waals surface area contributed by atoms with Gasteiger partial charge in [0.05, 0.1) is 19.1 Å². The lowest BCUT2D eigenvalue weighted by molar-refractivity contribution is -0.174. The second-order valence-corrected chi connectivity index (χ2v) is 5.40. The molecule has 7 heteroatoms. The monoisotopic (exact) mass is 374 g/mol. The van der Waals surface area contributed by atoms with Crippen LogP contribution in [-0.2, 0) is 10.6 Å². The van der Waals surface area contributed by atoms with Gasteiger partial charge in [0.15, 0.2) is 0 Å². The number of hydrogen-bond donors (Lipinski definition) is 0. The van der Waals surface area contributed by atoms with E-state index in [1.807, 2.05) is 19.1 Å². The van der Waals surface area contributed by atoms with E-state index in [9.17, 15) is 13.2 Å². The third-order valence-electron chi connectivity index (χ3n) is 2.41. The van der Waals surface area contributed by atoms with Crippen molar-refractivity contribution in [3.05, 3.63) is 27.7 Å². The molecular weight excluding hydrogens is 360 g/mol. The first-order valence-corrected chi connectivity index (χ1v) is 7.28. The van der Waals surface area contributed by atoms with Crippen molar-refractivity contribution in [3.8, 4) is 5.75 Å². The van der Waals surface area contributed by atoms with Gasteiger partial charge in [-0.25, -0.2) is 0 Å². The van der Waals surface area contributed by atoms with Gasteiger partial charge < -0.3 is 9.47 Å². The first-order valence-electron chi connectivity index (χ1n) is 5.96. The molecule has 20 heavy (non-hydrogen) atoms. The van der Waals surface area contributed by atoms with E-state index < -0.39 is 12.8 Å². The summed E-state index contributed by atoms with van der Waals surface area (Å²) in [4.78, 5) is 0. The number of rotatable bonds is 7. The molecule has 0 N–H and O–H groups in total. The van der Waals surface area contributed by atoms with E-state index in [1.165, 1.54) is 0 Å². The average molecular weight is 376 g/mol. The molecule has 0 heterocycles. The smallest absolute Gasteiger partial charge is 0.411 e. The number of alkyl halides is 4. The van der Waals surface area contributed by atoms with E-state index in [0.29, 0.717) is 18.1 Å². The van der Waals surface area contributed by atoms with Crippen LogP contribution in [0.25, 0.3) is 0 Å². The SMILES string of the molecule is Cc1cc(Br)cc(CCl)c1OCCCOCC(F)(F)F. The number of halogens is 5. The summed E-state index contributed by atoms with van der Waals surface area (Å²) in [5.41, 5.74) is 1.76. The molecule has 0 bridgehead atoms. The number of ether oxygens (including phenoxy) is 2. The zero-order chi connectivity index (χ0) is 15.2. The van der Waals surface area contributed by atoms with Crippen LogP contribution in [0.2, 0.25) is 0 Å². The fourth-order valence-corrected chi connectivity index (χ4v) is 2.45. The molecule has 0 atom stereocenters. The Hall–Kier alpha value is -0.460. The molecule has 0 saturated carbocycles. The van der Waals surface area contributed by atoms with Crippen LogP contribution in [0, 0.1) is 6.92 Å². The zero-order valence-electron chi connectivity index (χ0n) is 10.9. The topological polar surface area (TPSA) is 18.5 Å². The Bertz CT molecular complexity index is 438. The highest BCUT2D eigenvalue weighted by Crippen LogP contribution is 2.29. The molecule has 2 nitrogen and oxygen atoms in total. The Kier molecular flexibility index (Phi) is 7.12. The molecular formula is C13H15BrClF3O2. The van der Waals surface area contributed by atoms with E-state index in [4.69, 9.17) is 16.3 Å². The molecule has 0 amide bonds.